The number of aryl methyl sites for hydroxylation is 1. The fourth-order valence-electron chi connectivity index (χ4n) is 4.19. The average Bonchev–Trinajstić information content (AvgIpc) is 2.77. The third kappa shape index (κ3) is 4.49. The number of nitrogens with one attached hydrogen (secondary N) is 1. The third-order valence-electron chi connectivity index (χ3n) is 5.87. The molecule has 2 aromatic carbocycles. The molecule has 0 radical (unpaired) electrons. The molecule has 0 spiro atoms. The van der Waals surface area contributed by atoms with Gasteiger partial charge >= 0.3 is 0 Å². The van der Waals surface area contributed by atoms with Gasteiger partial charge < -0.3 is 15.0 Å². The Balaban J connectivity index is 1.87. The van der Waals surface area contributed by atoms with E-state index in [9.17, 15) is 22.0 Å². The quantitative estimate of drug-likeness (QED) is 0.585. The maximum atomic E-state index is 14.7. The summed E-state index contributed by atoms with van der Waals surface area (Å²) in [5, 5.41) is 3.27. The van der Waals surface area contributed by atoms with E-state index in [1.165, 1.54) is 4.57 Å². The second-order valence-electron chi connectivity index (χ2n) is 8.52. The van der Waals surface area contributed by atoms with Gasteiger partial charge in [-0.25, -0.2) is 22.2 Å². The molecule has 0 saturated carbocycles. The number of benzene rings is 2. The first-order chi connectivity index (χ1) is 16.0. The molecule has 34 heavy (non-hydrogen) atoms. The number of aromatic nitrogens is 2. The van der Waals surface area contributed by atoms with Gasteiger partial charge in [-0.1, -0.05) is 6.07 Å². The smallest absolute Gasteiger partial charge is 0.262 e. The van der Waals surface area contributed by atoms with Crippen LogP contribution in [0, 0.1) is 18.6 Å². The van der Waals surface area contributed by atoms with E-state index >= 15 is 0 Å². The van der Waals surface area contributed by atoms with Gasteiger partial charge in [-0.3, -0.25) is 9.36 Å². The Hall–Kier alpha value is -3.05. The van der Waals surface area contributed by atoms with Gasteiger partial charge in [0, 0.05) is 38.0 Å². The zero-order chi connectivity index (χ0) is 24.8. The van der Waals surface area contributed by atoms with E-state index in [4.69, 9.17) is 9.72 Å². The summed E-state index contributed by atoms with van der Waals surface area (Å²) >= 11 is 0. The van der Waals surface area contributed by atoms with E-state index in [1.54, 1.807) is 20.0 Å². The van der Waals surface area contributed by atoms with Crippen molar-refractivity contribution in [1.82, 2.24) is 9.55 Å². The molecule has 8 nitrogen and oxygen atoms in total. The highest BCUT2D eigenvalue weighted by atomic mass is 32.2. The highest BCUT2D eigenvalue weighted by Crippen LogP contribution is 2.32. The highest BCUT2D eigenvalue weighted by molar-refractivity contribution is 7.90. The molecule has 0 amide bonds. The molecule has 1 aromatic heterocycles. The molecule has 0 aliphatic carbocycles. The SMILES string of the molecule is Cc1cc([C@H](C)Nc2c(F)cc(F)cc2S(C)(=O)=O)c2nc(N3CCOCC3)n(C)c(=O)c2c1. The predicted molar refractivity (Wildman–Crippen MR) is 126 cm³/mol. The van der Waals surface area contributed by atoms with Gasteiger partial charge in [0.15, 0.2) is 15.7 Å². The molecule has 4 rings (SSSR count). The maximum Gasteiger partial charge on any atom is 0.262 e. The molecular weight excluding hydrogens is 466 g/mol. The summed E-state index contributed by atoms with van der Waals surface area (Å²) in [6.07, 6.45) is 0.888. The molecule has 182 valence electrons. The van der Waals surface area contributed by atoms with Crippen molar-refractivity contribution in [2.45, 2.75) is 24.8 Å². The number of nitrogens with zero attached hydrogens (tertiary/aromatic N) is 3. The van der Waals surface area contributed by atoms with E-state index in [0.29, 0.717) is 54.8 Å². The normalized spacial score (nSPS) is 15.5. The molecule has 1 N–H and O–H groups in total. The number of ether oxygens (including phenoxy) is 1. The van der Waals surface area contributed by atoms with Crippen molar-refractivity contribution in [3.8, 4) is 0 Å². The van der Waals surface area contributed by atoms with E-state index in [0.717, 1.165) is 17.9 Å². The zero-order valence-electron chi connectivity index (χ0n) is 19.4. The molecule has 0 bridgehead atoms. The summed E-state index contributed by atoms with van der Waals surface area (Å²) in [6.45, 7) is 5.73. The summed E-state index contributed by atoms with van der Waals surface area (Å²) in [6, 6.07) is 4.32. The topological polar surface area (TPSA) is 93.5 Å². The van der Waals surface area contributed by atoms with Crippen LogP contribution in [0.2, 0.25) is 0 Å². The number of morpholine rings is 1. The largest absolute Gasteiger partial charge is 0.378 e. The molecule has 2 heterocycles. The van der Waals surface area contributed by atoms with Crippen LogP contribution in [0.5, 0.6) is 0 Å². The van der Waals surface area contributed by atoms with Crippen LogP contribution in [-0.4, -0.2) is 50.5 Å². The molecule has 3 aromatic rings. The van der Waals surface area contributed by atoms with E-state index in [1.807, 2.05) is 17.9 Å². The minimum Gasteiger partial charge on any atom is -0.378 e. The van der Waals surface area contributed by atoms with Crippen molar-refractivity contribution in [3.05, 3.63) is 57.4 Å². The van der Waals surface area contributed by atoms with Gasteiger partial charge in [-0.2, -0.15) is 0 Å². The first-order valence-electron chi connectivity index (χ1n) is 10.8. The third-order valence-corrected chi connectivity index (χ3v) is 6.99. The Kier molecular flexibility index (Phi) is 6.34. The van der Waals surface area contributed by atoms with Gasteiger partial charge in [0.1, 0.15) is 5.82 Å². The van der Waals surface area contributed by atoms with Crippen LogP contribution in [0.4, 0.5) is 20.4 Å². The van der Waals surface area contributed by atoms with Crippen molar-refractivity contribution >= 4 is 32.4 Å². The summed E-state index contributed by atoms with van der Waals surface area (Å²) in [5.41, 5.74) is 1.25. The van der Waals surface area contributed by atoms with Crippen LogP contribution >= 0.6 is 0 Å². The molecular formula is C23H26F2N4O4S. The molecule has 0 unspecified atom stereocenters. The van der Waals surface area contributed by atoms with Crippen molar-refractivity contribution in [2.75, 3.05) is 42.8 Å². The summed E-state index contributed by atoms with van der Waals surface area (Å²) in [5.74, 6) is -1.53. The number of hydrogen-bond donors (Lipinski definition) is 1. The Morgan fingerprint density at radius 3 is 2.47 bits per heavy atom. The van der Waals surface area contributed by atoms with E-state index in [-0.39, 0.29) is 11.2 Å². The Morgan fingerprint density at radius 1 is 1.15 bits per heavy atom. The lowest BCUT2D eigenvalue weighted by atomic mass is 10.0. The number of hydrogen-bond acceptors (Lipinski definition) is 7. The van der Waals surface area contributed by atoms with Crippen LogP contribution in [0.1, 0.15) is 24.1 Å². The highest BCUT2D eigenvalue weighted by Gasteiger charge is 2.24. The van der Waals surface area contributed by atoms with Gasteiger partial charge in [-0.05, 0) is 31.5 Å². The second-order valence-corrected chi connectivity index (χ2v) is 10.5. The minimum atomic E-state index is -3.92. The molecule has 11 heteroatoms. The van der Waals surface area contributed by atoms with Gasteiger partial charge in [0.05, 0.1) is 40.7 Å². The Bertz CT molecular complexity index is 1430. The van der Waals surface area contributed by atoms with Crippen molar-refractivity contribution in [2.24, 2.45) is 7.05 Å². The van der Waals surface area contributed by atoms with Crippen molar-refractivity contribution < 1.29 is 21.9 Å². The summed E-state index contributed by atoms with van der Waals surface area (Å²) < 4.78 is 59.7. The number of halogens is 2. The van der Waals surface area contributed by atoms with Crippen LogP contribution in [0.15, 0.2) is 34.0 Å². The fourth-order valence-corrected chi connectivity index (χ4v) is 5.05. The second kappa shape index (κ2) is 8.95. The molecule has 1 saturated heterocycles. The van der Waals surface area contributed by atoms with Crippen LogP contribution in [0.3, 0.4) is 0 Å². The number of fused-ring (bicyclic) bond motifs is 1. The maximum absolute atomic E-state index is 14.7. The average molecular weight is 493 g/mol. The zero-order valence-corrected chi connectivity index (χ0v) is 20.2. The van der Waals surface area contributed by atoms with Crippen LogP contribution in [-0.2, 0) is 21.6 Å². The van der Waals surface area contributed by atoms with Gasteiger partial charge in [0.25, 0.3) is 5.56 Å². The minimum absolute atomic E-state index is 0.228. The molecule has 1 fully saturated rings. The summed E-state index contributed by atoms with van der Waals surface area (Å²) in [4.78, 5) is 19.5. The monoisotopic (exact) mass is 492 g/mol. The summed E-state index contributed by atoms with van der Waals surface area (Å²) in [7, 11) is -2.26. The lowest BCUT2D eigenvalue weighted by molar-refractivity contribution is 0.121. The standard InChI is InChI=1S/C23H26F2N4O4S/c1-13-9-16(14(2)26-21-18(25)11-15(24)12-19(21)34(4,31)32)20-17(10-13)22(30)28(3)23(27-20)29-5-7-33-8-6-29/h9-12,14,26H,5-8H2,1-4H3/t14-/m0/s1. The molecule has 1 atom stereocenters. The number of rotatable bonds is 5. The number of anilines is 2. The van der Waals surface area contributed by atoms with Gasteiger partial charge in [-0.15, -0.1) is 0 Å². The van der Waals surface area contributed by atoms with E-state index in [2.05, 4.69) is 5.32 Å². The Morgan fingerprint density at radius 2 is 1.82 bits per heavy atom. The lowest BCUT2D eigenvalue weighted by Crippen LogP contribution is -2.40. The fraction of sp³-hybridized carbons (Fsp3) is 0.391. The predicted octanol–water partition coefficient (Wildman–Crippen LogP) is 2.93. The molecule has 1 aliphatic heterocycles. The Labute approximate surface area is 196 Å². The number of sulfone groups is 1. The van der Waals surface area contributed by atoms with E-state index < -0.39 is 32.4 Å². The van der Waals surface area contributed by atoms with Crippen molar-refractivity contribution in [3.63, 3.8) is 0 Å². The molecule has 1 aliphatic rings. The van der Waals surface area contributed by atoms with Crippen molar-refractivity contribution in [1.29, 1.82) is 0 Å². The first-order valence-corrected chi connectivity index (χ1v) is 12.7. The van der Waals surface area contributed by atoms with Crippen LogP contribution in [0.25, 0.3) is 10.9 Å². The first kappa shape index (κ1) is 24.1. The lowest BCUT2D eigenvalue weighted by Gasteiger charge is -2.29. The van der Waals surface area contributed by atoms with Gasteiger partial charge in [0.2, 0.25) is 5.95 Å². The van der Waals surface area contributed by atoms with Crippen LogP contribution < -0.4 is 15.8 Å².